The number of aromatic nitrogens is 2. The molecule has 1 aliphatic rings. The third kappa shape index (κ3) is 5.44. The van der Waals surface area contributed by atoms with Crippen molar-refractivity contribution in [2.75, 3.05) is 6.54 Å². The van der Waals surface area contributed by atoms with Crippen molar-refractivity contribution in [3.8, 4) is 11.3 Å². The number of benzene rings is 1. The molecule has 1 unspecified atom stereocenters. The normalized spacial score (nSPS) is 13.4. The third-order valence-corrected chi connectivity index (χ3v) is 6.10. The van der Waals surface area contributed by atoms with Crippen molar-refractivity contribution in [2.24, 2.45) is 5.73 Å². The molecule has 1 aliphatic heterocycles. The number of nitrogens with one attached hydrogen (secondary N) is 1. The summed E-state index contributed by atoms with van der Waals surface area (Å²) in [6, 6.07) is 8.36. The SMILES string of the molecule is Cc1cc2c(s1)CCCn1ncc(Cl)c1-2.NCC(Cc1cccc(F)c1)NC=O. The molecule has 1 aromatic carbocycles. The van der Waals surface area contributed by atoms with Gasteiger partial charge in [-0.25, -0.2) is 4.39 Å². The van der Waals surface area contributed by atoms with Crippen LogP contribution < -0.4 is 11.1 Å². The molecule has 8 heteroatoms. The molecule has 0 saturated heterocycles. The molecule has 3 aromatic rings. The van der Waals surface area contributed by atoms with Crippen molar-refractivity contribution < 1.29 is 9.18 Å². The number of nitrogens with zero attached hydrogens (tertiary/aromatic N) is 2. The number of rotatable bonds is 5. The van der Waals surface area contributed by atoms with Crippen LogP contribution in [-0.4, -0.2) is 28.8 Å². The highest BCUT2D eigenvalue weighted by Crippen LogP contribution is 2.38. The predicted molar refractivity (Wildman–Crippen MR) is 116 cm³/mol. The molecule has 4 rings (SSSR count). The molecular weight excluding hydrogens is 411 g/mol. The number of nitrogens with two attached hydrogens (primary N) is 1. The summed E-state index contributed by atoms with van der Waals surface area (Å²) in [6.07, 6.45) is 5.20. The molecule has 0 spiro atoms. The Hall–Kier alpha value is -2.22. The van der Waals surface area contributed by atoms with Gasteiger partial charge in [0.05, 0.1) is 16.9 Å². The smallest absolute Gasteiger partial charge is 0.207 e. The summed E-state index contributed by atoms with van der Waals surface area (Å²) in [5.74, 6) is -0.274. The van der Waals surface area contributed by atoms with Crippen LogP contribution >= 0.6 is 22.9 Å². The Labute approximate surface area is 178 Å². The summed E-state index contributed by atoms with van der Waals surface area (Å²) in [4.78, 5) is 13.0. The van der Waals surface area contributed by atoms with Gasteiger partial charge in [-0.2, -0.15) is 5.10 Å². The maximum atomic E-state index is 12.8. The van der Waals surface area contributed by atoms with E-state index in [1.54, 1.807) is 18.3 Å². The molecule has 0 fully saturated rings. The summed E-state index contributed by atoms with van der Waals surface area (Å²) < 4.78 is 14.8. The lowest BCUT2D eigenvalue weighted by Crippen LogP contribution is -2.36. The molecule has 154 valence electrons. The molecule has 5 nitrogen and oxygen atoms in total. The van der Waals surface area contributed by atoms with E-state index in [0.29, 0.717) is 19.4 Å². The first-order valence-corrected chi connectivity index (χ1v) is 10.7. The minimum absolute atomic E-state index is 0.130. The second-order valence-electron chi connectivity index (χ2n) is 6.91. The van der Waals surface area contributed by atoms with Gasteiger partial charge in [0.2, 0.25) is 6.41 Å². The van der Waals surface area contributed by atoms with Gasteiger partial charge < -0.3 is 11.1 Å². The fraction of sp³-hybridized carbons (Fsp3) is 0.333. The summed E-state index contributed by atoms with van der Waals surface area (Å²) in [5, 5.41) is 7.66. The predicted octanol–water partition coefficient (Wildman–Crippen LogP) is 3.96. The van der Waals surface area contributed by atoms with Gasteiger partial charge in [0.1, 0.15) is 5.82 Å². The van der Waals surface area contributed by atoms with E-state index in [1.807, 2.05) is 16.0 Å². The fourth-order valence-electron chi connectivity index (χ4n) is 3.39. The highest BCUT2D eigenvalue weighted by molar-refractivity contribution is 7.12. The van der Waals surface area contributed by atoms with Crippen LogP contribution in [0.3, 0.4) is 0 Å². The number of hydrogen-bond donors (Lipinski definition) is 2. The highest BCUT2D eigenvalue weighted by atomic mass is 35.5. The number of aryl methyl sites for hydroxylation is 3. The van der Waals surface area contributed by atoms with Crippen LogP contribution in [0, 0.1) is 12.7 Å². The lowest BCUT2D eigenvalue weighted by atomic mass is 10.1. The lowest BCUT2D eigenvalue weighted by molar-refractivity contribution is -0.110. The van der Waals surface area contributed by atoms with E-state index >= 15 is 0 Å². The number of hydrogen-bond acceptors (Lipinski definition) is 4. The number of carbonyl (C=O) groups excluding carboxylic acids is 1. The summed E-state index contributed by atoms with van der Waals surface area (Å²) in [6.45, 7) is 3.46. The van der Waals surface area contributed by atoms with Crippen LogP contribution in [0.1, 0.15) is 21.7 Å². The first-order chi connectivity index (χ1) is 14.0. The number of thiophene rings is 1. The third-order valence-electron chi connectivity index (χ3n) is 4.72. The Morgan fingerprint density at radius 3 is 3.00 bits per heavy atom. The van der Waals surface area contributed by atoms with Crippen LogP contribution in [-0.2, 0) is 24.2 Å². The average molecular weight is 435 g/mol. The summed E-state index contributed by atoms with van der Waals surface area (Å²) in [7, 11) is 0. The van der Waals surface area contributed by atoms with Gasteiger partial charge in [-0.1, -0.05) is 23.7 Å². The van der Waals surface area contributed by atoms with Crippen LogP contribution in [0.25, 0.3) is 11.3 Å². The van der Waals surface area contributed by atoms with Gasteiger partial charge in [0.25, 0.3) is 0 Å². The quantitative estimate of drug-likeness (QED) is 0.597. The van der Waals surface area contributed by atoms with Crippen molar-refractivity contribution in [3.63, 3.8) is 0 Å². The number of fused-ring (bicyclic) bond motifs is 3. The molecular formula is C21H24ClFN4OS. The first-order valence-electron chi connectivity index (χ1n) is 9.47. The summed E-state index contributed by atoms with van der Waals surface area (Å²) in [5.41, 5.74) is 8.65. The number of halogens is 2. The maximum Gasteiger partial charge on any atom is 0.207 e. The summed E-state index contributed by atoms with van der Waals surface area (Å²) >= 11 is 8.07. The van der Waals surface area contributed by atoms with Gasteiger partial charge in [-0.05, 0) is 49.9 Å². The second-order valence-corrected chi connectivity index (χ2v) is 8.66. The maximum absolute atomic E-state index is 12.8. The van der Waals surface area contributed by atoms with Crippen LogP contribution in [0.5, 0.6) is 0 Å². The standard InChI is InChI=1S/C11H11ClN2S.C10H13FN2O/c1-7-5-8-10(15-7)3-2-4-14-11(8)9(12)6-13-14;11-9-3-1-2-8(4-9)5-10(6-12)13-7-14/h5-6H,2-4H2,1H3;1-4,7,10H,5-6,12H2,(H,13,14). The van der Waals surface area contributed by atoms with E-state index in [1.165, 1.54) is 27.5 Å². The van der Waals surface area contributed by atoms with Crippen molar-refractivity contribution in [3.05, 3.63) is 62.7 Å². The first kappa shape index (κ1) is 21.5. The largest absolute Gasteiger partial charge is 0.354 e. The topological polar surface area (TPSA) is 72.9 Å². The highest BCUT2D eigenvalue weighted by Gasteiger charge is 2.20. The molecule has 0 aliphatic carbocycles. The van der Waals surface area contributed by atoms with Crippen LogP contribution in [0.4, 0.5) is 4.39 Å². The molecule has 0 saturated carbocycles. The van der Waals surface area contributed by atoms with Gasteiger partial charge in [0.15, 0.2) is 0 Å². The molecule has 0 bridgehead atoms. The molecule has 1 amide bonds. The number of amides is 1. The average Bonchev–Trinajstić information content (AvgIpc) is 3.19. The van der Waals surface area contributed by atoms with E-state index in [0.717, 1.165) is 35.7 Å². The number of carbonyl (C=O) groups is 1. The van der Waals surface area contributed by atoms with E-state index in [4.69, 9.17) is 17.3 Å². The molecule has 1 atom stereocenters. The van der Waals surface area contributed by atoms with E-state index in [9.17, 15) is 9.18 Å². The van der Waals surface area contributed by atoms with Crippen molar-refractivity contribution in [2.45, 2.75) is 38.8 Å². The van der Waals surface area contributed by atoms with E-state index in [-0.39, 0.29) is 11.9 Å². The second kappa shape index (κ2) is 10.0. The minimum Gasteiger partial charge on any atom is -0.354 e. The molecule has 29 heavy (non-hydrogen) atoms. The zero-order valence-corrected chi connectivity index (χ0v) is 17.8. The molecule has 3 heterocycles. The zero-order valence-electron chi connectivity index (χ0n) is 16.2. The Morgan fingerprint density at radius 1 is 1.45 bits per heavy atom. The Morgan fingerprint density at radius 2 is 2.28 bits per heavy atom. The monoisotopic (exact) mass is 434 g/mol. The zero-order chi connectivity index (χ0) is 20.8. The Bertz CT molecular complexity index is 971. The molecule has 2 aromatic heterocycles. The van der Waals surface area contributed by atoms with Gasteiger partial charge >= 0.3 is 0 Å². The van der Waals surface area contributed by atoms with Crippen molar-refractivity contribution in [1.29, 1.82) is 0 Å². The fourth-order valence-corrected chi connectivity index (χ4v) is 4.71. The molecule has 0 radical (unpaired) electrons. The van der Waals surface area contributed by atoms with E-state index in [2.05, 4.69) is 23.4 Å². The Kier molecular flexibility index (Phi) is 7.41. The van der Waals surface area contributed by atoms with Crippen molar-refractivity contribution in [1.82, 2.24) is 15.1 Å². The van der Waals surface area contributed by atoms with Crippen LogP contribution in [0.15, 0.2) is 36.5 Å². The van der Waals surface area contributed by atoms with Gasteiger partial charge in [0, 0.05) is 34.4 Å². The lowest BCUT2D eigenvalue weighted by Gasteiger charge is -2.13. The van der Waals surface area contributed by atoms with Crippen molar-refractivity contribution >= 4 is 29.3 Å². The minimum atomic E-state index is -0.274. The molecule has 3 N–H and O–H groups in total. The van der Waals surface area contributed by atoms with Gasteiger partial charge in [-0.15, -0.1) is 11.3 Å². The van der Waals surface area contributed by atoms with Gasteiger partial charge in [-0.3, -0.25) is 9.48 Å². The Balaban J connectivity index is 0.000000166. The van der Waals surface area contributed by atoms with E-state index < -0.39 is 0 Å². The van der Waals surface area contributed by atoms with Crippen LogP contribution in [0.2, 0.25) is 5.02 Å².